The van der Waals surface area contributed by atoms with Gasteiger partial charge in [0.25, 0.3) is 11.6 Å². The molecule has 0 unspecified atom stereocenters. The third kappa shape index (κ3) is 5.29. The largest absolute Gasteiger partial charge is 0.464 e. The number of oxazole rings is 1. The van der Waals surface area contributed by atoms with Crippen LogP contribution in [-0.4, -0.2) is 40.3 Å². The second kappa shape index (κ2) is 9.32. The summed E-state index contributed by atoms with van der Waals surface area (Å²) in [4.78, 5) is 40.3. The Balaban J connectivity index is 2.26. The van der Waals surface area contributed by atoms with Crippen molar-refractivity contribution in [3.05, 3.63) is 56.7 Å². The first-order chi connectivity index (χ1) is 13.2. The Morgan fingerprint density at radius 2 is 2.11 bits per heavy atom. The van der Waals surface area contributed by atoms with E-state index in [9.17, 15) is 19.7 Å². The fourth-order valence-corrected chi connectivity index (χ4v) is 2.63. The first-order valence-corrected chi connectivity index (χ1v) is 8.86. The van der Waals surface area contributed by atoms with Crippen LogP contribution in [-0.2, 0) is 11.3 Å². The number of benzene rings is 1. The lowest BCUT2D eigenvalue weighted by atomic mass is 10.1. The maximum atomic E-state index is 13.0. The normalized spacial score (nSPS) is 10.8. The molecular formula is C18H20ClN3O6. The second-order valence-corrected chi connectivity index (χ2v) is 6.86. The standard InChI is InChI=1S/C18H20ClN3O6/c1-11(2)6-7-21(9-16-20-15(10-28-16)18(24)27-3)17(23)13-5-4-12(22(25)26)8-14(13)19/h4-5,8,10-11H,6-7,9H2,1-3H3. The van der Waals surface area contributed by atoms with E-state index in [1.165, 1.54) is 24.1 Å². The van der Waals surface area contributed by atoms with Crippen LogP contribution in [0.5, 0.6) is 0 Å². The molecule has 0 bridgehead atoms. The molecule has 0 atom stereocenters. The number of aromatic nitrogens is 1. The number of methoxy groups -OCH3 is 1. The highest BCUT2D eigenvalue weighted by atomic mass is 35.5. The van der Waals surface area contributed by atoms with Crippen molar-refractivity contribution >= 4 is 29.2 Å². The number of nitro benzene ring substituents is 1. The third-order valence-corrected chi connectivity index (χ3v) is 4.24. The summed E-state index contributed by atoms with van der Waals surface area (Å²) >= 11 is 6.09. The third-order valence-electron chi connectivity index (χ3n) is 3.93. The van der Waals surface area contributed by atoms with Gasteiger partial charge in [-0.3, -0.25) is 14.9 Å². The number of nitrogens with zero attached hydrogens (tertiary/aromatic N) is 3. The summed E-state index contributed by atoms with van der Waals surface area (Å²) in [6.45, 7) is 4.43. The summed E-state index contributed by atoms with van der Waals surface area (Å²) in [6, 6.07) is 3.68. The Bertz CT molecular complexity index is 880. The average molecular weight is 410 g/mol. The minimum absolute atomic E-state index is 0.00197. The van der Waals surface area contributed by atoms with E-state index >= 15 is 0 Å². The molecule has 1 aromatic heterocycles. The summed E-state index contributed by atoms with van der Waals surface area (Å²) < 4.78 is 9.85. The molecule has 0 saturated carbocycles. The molecule has 28 heavy (non-hydrogen) atoms. The Morgan fingerprint density at radius 3 is 2.68 bits per heavy atom. The number of non-ortho nitro benzene ring substituents is 1. The topological polar surface area (TPSA) is 116 Å². The van der Waals surface area contributed by atoms with E-state index in [1.807, 2.05) is 13.8 Å². The lowest BCUT2D eigenvalue weighted by Gasteiger charge is -2.22. The van der Waals surface area contributed by atoms with Crippen LogP contribution < -0.4 is 0 Å². The Labute approximate surface area is 166 Å². The predicted octanol–water partition coefficient (Wildman–Crippen LogP) is 3.71. The summed E-state index contributed by atoms with van der Waals surface area (Å²) in [5, 5.41) is 10.8. The van der Waals surface area contributed by atoms with Crippen LogP contribution in [0.4, 0.5) is 5.69 Å². The van der Waals surface area contributed by atoms with Gasteiger partial charge in [0.05, 0.1) is 29.2 Å². The molecule has 1 aromatic carbocycles. The van der Waals surface area contributed by atoms with Gasteiger partial charge in [0.2, 0.25) is 5.89 Å². The van der Waals surface area contributed by atoms with E-state index in [2.05, 4.69) is 9.72 Å². The smallest absolute Gasteiger partial charge is 0.360 e. The van der Waals surface area contributed by atoms with Crippen LogP contribution >= 0.6 is 11.6 Å². The van der Waals surface area contributed by atoms with Crippen molar-refractivity contribution in [3.63, 3.8) is 0 Å². The zero-order valence-corrected chi connectivity index (χ0v) is 16.4. The van der Waals surface area contributed by atoms with Crippen LogP contribution in [0.25, 0.3) is 0 Å². The van der Waals surface area contributed by atoms with Gasteiger partial charge < -0.3 is 14.1 Å². The minimum atomic E-state index is -0.645. The SMILES string of the molecule is COC(=O)c1coc(CN(CCC(C)C)C(=O)c2ccc([N+](=O)[O-])cc2Cl)n1. The number of nitro groups is 1. The number of hydrogen-bond acceptors (Lipinski definition) is 7. The van der Waals surface area contributed by atoms with E-state index in [0.29, 0.717) is 18.9 Å². The van der Waals surface area contributed by atoms with Gasteiger partial charge >= 0.3 is 5.97 Å². The molecule has 2 rings (SSSR count). The number of esters is 1. The van der Waals surface area contributed by atoms with E-state index in [0.717, 1.165) is 12.3 Å². The molecule has 0 saturated heterocycles. The number of hydrogen-bond donors (Lipinski definition) is 0. The maximum Gasteiger partial charge on any atom is 0.360 e. The molecule has 9 nitrogen and oxygen atoms in total. The molecule has 1 heterocycles. The van der Waals surface area contributed by atoms with Crippen molar-refractivity contribution in [1.29, 1.82) is 0 Å². The van der Waals surface area contributed by atoms with Gasteiger partial charge in [0.1, 0.15) is 6.26 Å². The predicted molar refractivity (Wildman–Crippen MR) is 100 cm³/mol. The first-order valence-electron chi connectivity index (χ1n) is 8.48. The lowest BCUT2D eigenvalue weighted by molar-refractivity contribution is -0.384. The van der Waals surface area contributed by atoms with Gasteiger partial charge in [-0.25, -0.2) is 9.78 Å². The molecule has 0 N–H and O–H groups in total. The van der Waals surface area contributed by atoms with Crippen LogP contribution in [0.2, 0.25) is 5.02 Å². The van der Waals surface area contributed by atoms with Gasteiger partial charge in [-0.2, -0.15) is 0 Å². The Morgan fingerprint density at radius 1 is 1.39 bits per heavy atom. The molecule has 0 fully saturated rings. The molecule has 2 aromatic rings. The minimum Gasteiger partial charge on any atom is -0.464 e. The summed E-state index contributed by atoms with van der Waals surface area (Å²) in [5.41, 5.74) is -0.0661. The second-order valence-electron chi connectivity index (χ2n) is 6.45. The fraction of sp³-hybridized carbons (Fsp3) is 0.389. The van der Waals surface area contributed by atoms with Gasteiger partial charge in [-0.15, -0.1) is 0 Å². The Hall–Kier alpha value is -2.94. The highest BCUT2D eigenvalue weighted by molar-refractivity contribution is 6.34. The number of ether oxygens (including phenoxy) is 1. The molecule has 150 valence electrons. The number of amides is 1. The maximum absolute atomic E-state index is 13.0. The first kappa shape index (κ1) is 21.4. The molecule has 0 aliphatic heterocycles. The average Bonchev–Trinajstić information content (AvgIpc) is 3.12. The highest BCUT2D eigenvalue weighted by Crippen LogP contribution is 2.24. The fourth-order valence-electron chi connectivity index (χ4n) is 2.37. The lowest BCUT2D eigenvalue weighted by Crippen LogP contribution is -2.32. The summed E-state index contributed by atoms with van der Waals surface area (Å²) in [5.74, 6) is -0.569. The van der Waals surface area contributed by atoms with Crippen molar-refractivity contribution in [3.8, 4) is 0 Å². The van der Waals surface area contributed by atoms with Gasteiger partial charge in [0.15, 0.2) is 5.69 Å². The van der Waals surface area contributed by atoms with Crippen molar-refractivity contribution < 1.29 is 23.7 Å². The van der Waals surface area contributed by atoms with Crippen LogP contribution in [0.3, 0.4) is 0 Å². The molecule has 0 radical (unpaired) electrons. The molecule has 0 aliphatic rings. The monoisotopic (exact) mass is 409 g/mol. The van der Waals surface area contributed by atoms with Crippen LogP contribution in [0.15, 0.2) is 28.9 Å². The zero-order chi connectivity index (χ0) is 20.8. The number of halogens is 1. The Kier molecular flexibility index (Phi) is 7.11. The quantitative estimate of drug-likeness (QED) is 0.370. The number of rotatable bonds is 8. The van der Waals surface area contributed by atoms with Gasteiger partial charge in [0, 0.05) is 18.7 Å². The molecular weight excluding hydrogens is 390 g/mol. The molecule has 1 amide bonds. The van der Waals surface area contributed by atoms with E-state index in [-0.39, 0.29) is 34.4 Å². The van der Waals surface area contributed by atoms with E-state index < -0.39 is 16.8 Å². The molecule has 0 aliphatic carbocycles. The highest BCUT2D eigenvalue weighted by Gasteiger charge is 2.23. The van der Waals surface area contributed by atoms with E-state index in [1.54, 1.807) is 0 Å². The van der Waals surface area contributed by atoms with Crippen molar-refractivity contribution in [2.75, 3.05) is 13.7 Å². The van der Waals surface area contributed by atoms with Crippen LogP contribution in [0.1, 0.15) is 47.0 Å². The summed E-state index contributed by atoms with van der Waals surface area (Å²) in [6.07, 6.45) is 1.87. The van der Waals surface area contributed by atoms with Crippen molar-refractivity contribution in [2.24, 2.45) is 5.92 Å². The van der Waals surface area contributed by atoms with E-state index in [4.69, 9.17) is 16.0 Å². The zero-order valence-electron chi connectivity index (χ0n) is 15.7. The molecule has 0 spiro atoms. The van der Waals surface area contributed by atoms with Gasteiger partial charge in [-0.05, 0) is 18.4 Å². The van der Waals surface area contributed by atoms with Crippen molar-refractivity contribution in [2.45, 2.75) is 26.8 Å². The summed E-state index contributed by atoms with van der Waals surface area (Å²) in [7, 11) is 1.23. The molecule has 10 heteroatoms. The number of carbonyl (C=O) groups is 2. The van der Waals surface area contributed by atoms with Gasteiger partial charge in [-0.1, -0.05) is 25.4 Å². The van der Waals surface area contributed by atoms with Crippen LogP contribution in [0, 0.1) is 16.0 Å². The number of carbonyl (C=O) groups excluding carboxylic acids is 2. The van der Waals surface area contributed by atoms with Crippen molar-refractivity contribution in [1.82, 2.24) is 9.88 Å².